The molecule has 10 heteroatoms. The maximum absolute atomic E-state index is 9.60. The molecule has 0 aromatic carbocycles. The summed E-state index contributed by atoms with van der Waals surface area (Å²) in [5.74, 6) is 0. The van der Waals surface area contributed by atoms with E-state index in [4.69, 9.17) is 9.76 Å². The fourth-order valence-corrected chi connectivity index (χ4v) is 0.457. The highest BCUT2D eigenvalue weighted by atomic mass is 32.2. The predicted molar refractivity (Wildman–Crippen MR) is 26.9 cm³/mol. The third-order valence-electron chi connectivity index (χ3n) is 0.264. The molecule has 0 aliphatic rings. The lowest BCUT2D eigenvalue weighted by Gasteiger charge is -2.02. The number of thiol groups is 1. The Morgan fingerprint density at radius 1 is 1.50 bits per heavy atom. The minimum atomic E-state index is -3.37. The molecule has 2 N–H and O–H groups in total. The largest absolute Gasteiger partial charge is 0.323 e. The van der Waals surface area contributed by atoms with Crippen LogP contribution in [-0.2, 0) is 30.9 Å². The van der Waals surface area contributed by atoms with Gasteiger partial charge in [0.05, 0.1) is 0 Å². The van der Waals surface area contributed by atoms with Crippen molar-refractivity contribution in [3.63, 3.8) is 0 Å². The van der Waals surface area contributed by atoms with Crippen LogP contribution < -0.4 is 0 Å². The van der Waals surface area contributed by atoms with E-state index in [9.17, 15) is 12.6 Å². The van der Waals surface area contributed by atoms with Crippen LogP contribution in [0.25, 0.3) is 0 Å². The SMILES string of the molecule is O=S(O)ON(O)O[SH](=O)=O. The molecule has 0 radical (unpaired) electrons. The monoisotopic (exact) mass is 193 g/mol. The quantitative estimate of drug-likeness (QED) is 0.272. The van der Waals surface area contributed by atoms with Gasteiger partial charge in [-0.25, -0.2) is 8.42 Å². The Kier molecular flexibility index (Phi) is 4.63. The average molecular weight is 193 g/mol. The van der Waals surface area contributed by atoms with Gasteiger partial charge in [-0.3, -0.25) is 9.76 Å². The van der Waals surface area contributed by atoms with Crippen molar-refractivity contribution in [1.29, 1.82) is 0 Å². The van der Waals surface area contributed by atoms with Crippen LogP contribution in [0.4, 0.5) is 0 Å². The first-order valence-electron chi connectivity index (χ1n) is 1.63. The van der Waals surface area contributed by atoms with Crippen LogP contribution in [0.3, 0.4) is 0 Å². The molecule has 0 rings (SSSR count). The molecule has 62 valence electrons. The van der Waals surface area contributed by atoms with Crippen LogP contribution in [0, 0.1) is 0 Å². The summed E-state index contributed by atoms with van der Waals surface area (Å²) in [5.41, 5.74) is 0. The van der Waals surface area contributed by atoms with Gasteiger partial charge < -0.3 is 0 Å². The third kappa shape index (κ3) is 6.03. The zero-order chi connectivity index (χ0) is 8.15. The van der Waals surface area contributed by atoms with Crippen molar-refractivity contribution in [2.24, 2.45) is 0 Å². The molecule has 8 nitrogen and oxygen atoms in total. The fourth-order valence-electron chi connectivity index (χ4n) is 0.125. The van der Waals surface area contributed by atoms with Gasteiger partial charge in [0.2, 0.25) is 0 Å². The summed E-state index contributed by atoms with van der Waals surface area (Å²) in [6, 6.07) is 0. The van der Waals surface area contributed by atoms with Crippen molar-refractivity contribution in [1.82, 2.24) is 5.39 Å². The Morgan fingerprint density at radius 3 is 2.30 bits per heavy atom. The van der Waals surface area contributed by atoms with E-state index in [2.05, 4.69) is 8.57 Å². The Hall–Kier alpha value is -0.100. The van der Waals surface area contributed by atoms with Crippen LogP contribution in [0.15, 0.2) is 0 Å². The molecule has 10 heavy (non-hydrogen) atoms. The smallest absolute Gasteiger partial charge is 0.283 e. The second-order valence-electron chi connectivity index (χ2n) is 0.835. The highest BCUT2D eigenvalue weighted by Crippen LogP contribution is 1.87. The van der Waals surface area contributed by atoms with Gasteiger partial charge >= 0.3 is 11.4 Å². The van der Waals surface area contributed by atoms with Gasteiger partial charge in [0.15, 0.2) is 0 Å². The molecular formula is H3NO7S2. The van der Waals surface area contributed by atoms with E-state index in [1.807, 2.05) is 0 Å². The van der Waals surface area contributed by atoms with E-state index < -0.39 is 27.7 Å². The molecule has 0 saturated heterocycles. The standard InChI is InChI=1S/H3NO7S2/c2-1(7-9(3)4)8-10(5)6/h2,9H,(H,5,6). The van der Waals surface area contributed by atoms with E-state index in [-0.39, 0.29) is 0 Å². The third-order valence-corrected chi connectivity index (χ3v) is 0.792. The highest BCUT2D eigenvalue weighted by Gasteiger charge is 2.05. The lowest BCUT2D eigenvalue weighted by molar-refractivity contribution is -0.425. The van der Waals surface area contributed by atoms with Crippen LogP contribution in [0.2, 0.25) is 0 Å². The first-order chi connectivity index (χ1) is 4.52. The van der Waals surface area contributed by atoms with Crippen molar-refractivity contribution in [3.05, 3.63) is 0 Å². The Morgan fingerprint density at radius 2 is 2.00 bits per heavy atom. The van der Waals surface area contributed by atoms with Gasteiger partial charge in [-0.1, -0.05) is 0 Å². The predicted octanol–water partition coefficient (Wildman–Crippen LogP) is -1.80. The summed E-state index contributed by atoms with van der Waals surface area (Å²) in [6.07, 6.45) is 0. The van der Waals surface area contributed by atoms with Crippen molar-refractivity contribution in [2.75, 3.05) is 0 Å². The van der Waals surface area contributed by atoms with Gasteiger partial charge in [-0.15, -0.1) is 8.57 Å². The Bertz CT molecular complexity index is 174. The van der Waals surface area contributed by atoms with Gasteiger partial charge in [-0.2, -0.15) is 4.21 Å². The summed E-state index contributed by atoms with van der Waals surface area (Å²) in [6.45, 7) is 0. The van der Waals surface area contributed by atoms with E-state index in [1.165, 1.54) is 0 Å². The minimum absolute atomic E-state index is 0.748. The molecule has 0 heterocycles. The summed E-state index contributed by atoms with van der Waals surface area (Å²) in [4.78, 5) is 0. The molecule has 0 bridgehead atoms. The van der Waals surface area contributed by atoms with Crippen LogP contribution in [0.1, 0.15) is 0 Å². The number of hydrogen-bond donors (Lipinski definition) is 3. The van der Waals surface area contributed by atoms with Crippen molar-refractivity contribution in [2.45, 2.75) is 0 Å². The second-order valence-corrected chi connectivity index (χ2v) is 2.03. The minimum Gasteiger partial charge on any atom is -0.283 e. The van der Waals surface area contributed by atoms with Gasteiger partial charge in [-0.05, 0) is 0 Å². The number of rotatable bonds is 4. The van der Waals surface area contributed by atoms with E-state index >= 15 is 0 Å². The first kappa shape index (κ1) is 9.90. The molecule has 0 aromatic rings. The zero-order valence-electron chi connectivity index (χ0n) is 4.24. The van der Waals surface area contributed by atoms with Crippen LogP contribution in [-0.4, -0.2) is 27.8 Å². The van der Waals surface area contributed by atoms with Crippen molar-refractivity contribution < 1.29 is 31.0 Å². The molecule has 0 aromatic heterocycles. The number of nitrogens with zero attached hydrogens (tertiary/aromatic N) is 1. The molecular weight excluding hydrogens is 190 g/mol. The van der Waals surface area contributed by atoms with Crippen LogP contribution in [0.5, 0.6) is 0 Å². The molecule has 0 spiro atoms. The first-order valence-corrected chi connectivity index (χ1v) is 3.76. The van der Waals surface area contributed by atoms with E-state index in [0.717, 1.165) is 0 Å². The van der Waals surface area contributed by atoms with E-state index in [0.29, 0.717) is 0 Å². The van der Waals surface area contributed by atoms with Crippen molar-refractivity contribution in [3.8, 4) is 0 Å². The fraction of sp³-hybridized carbons (Fsp3) is 0. The lowest BCUT2D eigenvalue weighted by atomic mass is 13.0. The normalized spacial score (nSPS) is 14.4. The Balaban J connectivity index is 3.63. The van der Waals surface area contributed by atoms with E-state index in [1.54, 1.807) is 0 Å². The summed E-state index contributed by atoms with van der Waals surface area (Å²) < 4.78 is 43.2. The maximum Gasteiger partial charge on any atom is 0.323 e. The van der Waals surface area contributed by atoms with Gasteiger partial charge in [0.1, 0.15) is 5.39 Å². The zero-order valence-corrected chi connectivity index (χ0v) is 5.95. The summed E-state index contributed by atoms with van der Waals surface area (Å²) in [7, 11) is -3.37. The molecule has 1 atom stereocenters. The second kappa shape index (κ2) is 4.68. The molecule has 0 aliphatic heterocycles. The topological polar surface area (TPSA) is 113 Å². The lowest BCUT2D eigenvalue weighted by Crippen LogP contribution is -2.20. The molecule has 0 aliphatic carbocycles. The molecule has 0 saturated carbocycles. The average Bonchev–Trinajstić information content (AvgIpc) is 1.58. The molecule has 0 amide bonds. The Labute approximate surface area is 59.5 Å². The summed E-state index contributed by atoms with van der Waals surface area (Å²) in [5, 5.41) is 7.29. The summed E-state index contributed by atoms with van der Waals surface area (Å²) >= 11 is -2.83. The van der Waals surface area contributed by atoms with Crippen molar-refractivity contribution >= 4 is 22.3 Å². The number of hydrogen-bond acceptors (Lipinski definition) is 7. The van der Waals surface area contributed by atoms with Gasteiger partial charge in [0.25, 0.3) is 11.0 Å². The maximum atomic E-state index is 9.60. The van der Waals surface area contributed by atoms with Gasteiger partial charge in [0, 0.05) is 0 Å². The van der Waals surface area contributed by atoms with Crippen LogP contribution >= 0.6 is 0 Å². The highest BCUT2D eigenvalue weighted by molar-refractivity contribution is 7.74. The molecule has 1 unspecified atom stereocenters. The molecule has 0 fully saturated rings.